The van der Waals surface area contributed by atoms with Crippen LogP contribution in [0.2, 0.25) is 0 Å². The predicted molar refractivity (Wildman–Crippen MR) is 91.7 cm³/mol. The van der Waals surface area contributed by atoms with Crippen molar-refractivity contribution in [3.05, 3.63) is 40.9 Å². The smallest absolute Gasteiger partial charge is 0.224 e. The fourth-order valence-electron chi connectivity index (χ4n) is 3.12. The van der Waals surface area contributed by atoms with Gasteiger partial charge in [-0.25, -0.2) is 4.98 Å². The van der Waals surface area contributed by atoms with Gasteiger partial charge in [0.25, 0.3) is 0 Å². The van der Waals surface area contributed by atoms with Crippen LogP contribution in [0.5, 0.6) is 0 Å². The lowest BCUT2D eigenvalue weighted by molar-refractivity contribution is -0.123. The number of thiazole rings is 1. The lowest BCUT2D eigenvalue weighted by Crippen LogP contribution is -2.26. The Bertz CT molecular complexity index is 707. The molecule has 1 aliphatic rings. The number of fused-ring (bicyclic) bond motifs is 1. The number of carbonyl (C=O) groups is 1. The van der Waals surface area contributed by atoms with Crippen molar-refractivity contribution in [3.63, 3.8) is 0 Å². The summed E-state index contributed by atoms with van der Waals surface area (Å²) >= 11 is 1.64. The molecule has 2 aromatic rings. The summed E-state index contributed by atoms with van der Waals surface area (Å²) in [5.41, 5.74) is 2.35. The quantitative estimate of drug-likeness (QED) is 0.861. The third kappa shape index (κ3) is 2.80. The molecule has 1 aromatic carbocycles. The Kier molecular flexibility index (Phi) is 3.81. The summed E-state index contributed by atoms with van der Waals surface area (Å²) in [6.07, 6.45) is 2.22. The first-order valence-electron chi connectivity index (χ1n) is 7.67. The zero-order valence-electron chi connectivity index (χ0n) is 13.5. The van der Waals surface area contributed by atoms with Crippen molar-refractivity contribution in [2.45, 2.75) is 34.2 Å². The van der Waals surface area contributed by atoms with Crippen molar-refractivity contribution >= 4 is 27.5 Å². The van der Waals surface area contributed by atoms with Crippen LogP contribution in [0, 0.1) is 17.3 Å². The topological polar surface area (TPSA) is 42.0 Å². The van der Waals surface area contributed by atoms with Gasteiger partial charge in [-0.05, 0) is 37.3 Å². The van der Waals surface area contributed by atoms with Crippen molar-refractivity contribution in [2.24, 2.45) is 17.3 Å². The molecule has 1 aromatic heterocycles. The second-order valence-corrected chi connectivity index (χ2v) is 7.98. The molecule has 2 unspecified atom stereocenters. The molecule has 0 saturated heterocycles. The van der Waals surface area contributed by atoms with Crippen molar-refractivity contribution in [1.29, 1.82) is 0 Å². The SMILES string of the molecule is CC(C)=CC1C(C(=O)NCc2nc3ccccc3s2)C1(C)C. The van der Waals surface area contributed by atoms with Gasteiger partial charge < -0.3 is 5.32 Å². The number of nitrogens with zero attached hydrogens (tertiary/aromatic N) is 1. The fourth-order valence-corrected chi connectivity index (χ4v) is 4.02. The molecule has 0 bridgehead atoms. The van der Waals surface area contributed by atoms with E-state index >= 15 is 0 Å². The highest BCUT2D eigenvalue weighted by Crippen LogP contribution is 2.59. The van der Waals surface area contributed by atoms with Gasteiger partial charge in [-0.15, -0.1) is 11.3 Å². The number of rotatable bonds is 4. The van der Waals surface area contributed by atoms with E-state index in [4.69, 9.17) is 0 Å². The van der Waals surface area contributed by atoms with Crippen LogP contribution in [-0.4, -0.2) is 10.9 Å². The van der Waals surface area contributed by atoms with E-state index in [0.717, 1.165) is 10.5 Å². The second-order valence-electron chi connectivity index (χ2n) is 6.86. The van der Waals surface area contributed by atoms with Crippen LogP contribution >= 0.6 is 11.3 Å². The lowest BCUT2D eigenvalue weighted by atomic mass is 10.1. The van der Waals surface area contributed by atoms with Crippen LogP contribution in [0.15, 0.2) is 35.9 Å². The molecular weight excluding hydrogens is 292 g/mol. The summed E-state index contributed by atoms with van der Waals surface area (Å²) in [4.78, 5) is 17.0. The average molecular weight is 314 g/mol. The molecule has 1 aliphatic carbocycles. The Morgan fingerprint density at radius 1 is 1.36 bits per heavy atom. The summed E-state index contributed by atoms with van der Waals surface area (Å²) < 4.78 is 1.17. The Balaban J connectivity index is 1.64. The minimum absolute atomic E-state index is 0.0644. The average Bonchev–Trinajstić information content (AvgIpc) is 2.83. The number of hydrogen-bond donors (Lipinski definition) is 1. The molecule has 2 atom stereocenters. The summed E-state index contributed by atoms with van der Waals surface area (Å²) in [5, 5.41) is 4.03. The molecule has 1 heterocycles. The largest absolute Gasteiger partial charge is 0.349 e. The van der Waals surface area contributed by atoms with Crippen LogP contribution in [0.4, 0.5) is 0 Å². The highest BCUT2D eigenvalue weighted by atomic mass is 32.1. The van der Waals surface area contributed by atoms with Gasteiger partial charge in [-0.1, -0.05) is 37.6 Å². The van der Waals surface area contributed by atoms with Gasteiger partial charge in [0.2, 0.25) is 5.91 Å². The van der Waals surface area contributed by atoms with E-state index in [0.29, 0.717) is 12.5 Å². The van der Waals surface area contributed by atoms with Gasteiger partial charge in [0, 0.05) is 0 Å². The molecule has 4 heteroatoms. The summed E-state index contributed by atoms with van der Waals surface area (Å²) in [6, 6.07) is 8.07. The molecule has 1 saturated carbocycles. The van der Waals surface area contributed by atoms with Crippen LogP contribution in [0.3, 0.4) is 0 Å². The third-order valence-electron chi connectivity index (χ3n) is 4.46. The Hall–Kier alpha value is -1.68. The number of aromatic nitrogens is 1. The van der Waals surface area contributed by atoms with Gasteiger partial charge in [-0.2, -0.15) is 0 Å². The highest BCUT2D eigenvalue weighted by Gasteiger charge is 2.60. The molecule has 3 nitrogen and oxygen atoms in total. The molecular formula is C18H22N2OS. The molecule has 1 N–H and O–H groups in total. The number of benzene rings is 1. The van der Waals surface area contributed by atoms with Crippen molar-refractivity contribution < 1.29 is 4.79 Å². The van der Waals surface area contributed by atoms with Crippen LogP contribution in [-0.2, 0) is 11.3 Å². The van der Waals surface area contributed by atoms with E-state index in [2.05, 4.69) is 50.1 Å². The predicted octanol–water partition coefficient (Wildman–Crippen LogP) is 4.15. The molecule has 22 heavy (non-hydrogen) atoms. The second kappa shape index (κ2) is 5.51. The van der Waals surface area contributed by atoms with Gasteiger partial charge in [-0.3, -0.25) is 4.79 Å². The van der Waals surface area contributed by atoms with Crippen LogP contribution in [0.1, 0.15) is 32.7 Å². The van der Waals surface area contributed by atoms with Crippen molar-refractivity contribution in [3.8, 4) is 0 Å². The standard InChI is InChI=1S/C18H22N2OS/c1-11(2)9-12-16(18(12,3)4)17(21)19-10-15-20-13-7-5-6-8-14(13)22-15/h5-9,12,16H,10H2,1-4H3,(H,19,21). The maximum absolute atomic E-state index is 12.4. The Morgan fingerprint density at radius 2 is 2.09 bits per heavy atom. The molecule has 0 radical (unpaired) electrons. The van der Waals surface area contributed by atoms with Crippen molar-refractivity contribution in [2.75, 3.05) is 0 Å². The number of carbonyl (C=O) groups excluding carboxylic acids is 1. The number of hydrogen-bond acceptors (Lipinski definition) is 3. The summed E-state index contributed by atoms with van der Waals surface area (Å²) in [5.74, 6) is 0.580. The number of amides is 1. The van der Waals surface area contributed by atoms with Crippen LogP contribution < -0.4 is 5.32 Å². The lowest BCUT2D eigenvalue weighted by Gasteiger charge is -2.03. The molecule has 0 spiro atoms. The molecule has 116 valence electrons. The van der Waals surface area contributed by atoms with E-state index in [-0.39, 0.29) is 17.2 Å². The Labute approximate surface area is 135 Å². The van der Waals surface area contributed by atoms with Gasteiger partial charge >= 0.3 is 0 Å². The van der Waals surface area contributed by atoms with E-state index in [1.54, 1.807) is 11.3 Å². The number of para-hydroxylation sites is 1. The maximum Gasteiger partial charge on any atom is 0.224 e. The normalized spacial score (nSPS) is 22.4. The van der Waals surface area contributed by atoms with Crippen LogP contribution in [0.25, 0.3) is 10.2 Å². The third-order valence-corrected chi connectivity index (χ3v) is 5.49. The molecule has 3 rings (SSSR count). The minimum Gasteiger partial charge on any atom is -0.349 e. The summed E-state index contributed by atoms with van der Waals surface area (Å²) in [6.45, 7) is 9.03. The zero-order chi connectivity index (χ0) is 15.9. The fraction of sp³-hybridized carbons (Fsp3) is 0.444. The van der Waals surface area contributed by atoms with E-state index in [1.165, 1.54) is 10.3 Å². The highest BCUT2D eigenvalue weighted by molar-refractivity contribution is 7.18. The Morgan fingerprint density at radius 3 is 2.77 bits per heavy atom. The number of allylic oxidation sites excluding steroid dienone is 2. The molecule has 1 fully saturated rings. The first kappa shape index (κ1) is 15.2. The van der Waals surface area contributed by atoms with Gasteiger partial charge in [0.15, 0.2) is 0 Å². The van der Waals surface area contributed by atoms with E-state index in [1.807, 2.05) is 18.2 Å². The van der Waals surface area contributed by atoms with Gasteiger partial charge in [0.05, 0.1) is 22.7 Å². The first-order valence-corrected chi connectivity index (χ1v) is 8.48. The van der Waals surface area contributed by atoms with Crippen molar-refractivity contribution in [1.82, 2.24) is 10.3 Å². The number of nitrogens with one attached hydrogen (secondary N) is 1. The zero-order valence-corrected chi connectivity index (χ0v) is 14.3. The van der Waals surface area contributed by atoms with E-state index < -0.39 is 0 Å². The minimum atomic E-state index is 0.0644. The monoisotopic (exact) mass is 314 g/mol. The molecule has 0 aliphatic heterocycles. The first-order chi connectivity index (χ1) is 10.4. The molecule has 1 amide bonds. The maximum atomic E-state index is 12.4. The van der Waals surface area contributed by atoms with E-state index in [9.17, 15) is 4.79 Å². The van der Waals surface area contributed by atoms with Gasteiger partial charge in [0.1, 0.15) is 5.01 Å². The summed E-state index contributed by atoms with van der Waals surface area (Å²) in [7, 11) is 0.